The van der Waals surface area contributed by atoms with Gasteiger partial charge < -0.3 is 0 Å². The van der Waals surface area contributed by atoms with E-state index in [0.717, 1.165) is 60.3 Å². The molecule has 0 bridgehead atoms. The molecular formula is C36H23NO2. The second-order valence-corrected chi connectivity index (χ2v) is 9.73. The number of hydrogen-bond acceptors (Lipinski definition) is 2. The largest absolute Gasteiger partial charge is 0.277 e. The molecule has 0 amide bonds. The van der Waals surface area contributed by atoms with Crippen molar-refractivity contribution in [3.8, 4) is 0 Å². The van der Waals surface area contributed by atoms with Gasteiger partial charge in [0.05, 0.1) is 10.3 Å². The van der Waals surface area contributed by atoms with Crippen molar-refractivity contribution in [3.05, 3.63) is 172 Å². The fourth-order valence-electron chi connectivity index (χ4n) is 5.87. The van der Waals surface area contributed by atoms with Crippen LogP contribution >= 0.6 is 0 Å². The van der Waals surface area contributed by atoms with Crippen LogP contribution in [0.25, 0.3) is 43.5 Å². The highest BCUT2D eigenvalue weighted by atomic mass is 16.6. The first-order valence-corrected chi connectivity index (χ1v) is 13.0. The van der Waals surface area contributed by atoms with Gasteiger partial charge in [-0.25, -0.2) is 0 Å². The van der Waals surface area contributed by atoms with E-state index in [4.69, 9.17) is 0 Å². The maximum Gasteiger partial charge on any atom is 0.277 e. The molecule has 0 aliphatic carbocycles. The molecule has 0 heterocycles. The third kappa shape index (κ3) is 3.75. The maximum atomic E-state index is 11.9. The molecule has 0 saturated heterocycles. The van der Waals surface area contributed by atoms with Crippen LogP contribution in [0.4, 0.5) is 5.69 Å². The summed E-state index contributed by atoms with van der Waals surface area (Å²) >= 11 is 0. The Morgan fingerprint density at radius 3 is 1.44 bits per heavy atom. The van der Waals surface area contributed by atoms with E-state index in [9.17, 15) is 10.1 Å². The predicted octanol–water partition coefficient (Wildman–Crippen LogP) is 9.50. The van der Waals surface area contributed by atoms with Crippen LogP contribution in [0.5, 0.6) is 0 Å². The van der Waals surface area contributed by atoms with Crippen molar-refractivity contribution in [3.63, 3.8) is 0 Å². The van der Waals surface area contributed by atoms with Crippen LogP contribution in [0.2, 0.25) is 0 Å². The van der Waals surface area contributed by atoms with Gasteiger partial charge in [0, 0.05) is 11.5 Å². The summed E-state index contributed by atoms with van der Waals surface area (Å²) in [5, 5.41) is 17.7. The Balaban J connectivity index is 1.67. The predicted molar refractivity (Wildman–Crippen MR) is 161 cm³/mol. The summed E-state index contributed by atoms with van der Waals surface area (Å²) in [6.45, 7) is 0. The quantitative estimate of drug-likeness (QED) is 0.102. The number of hydrogen-bond donors (Lipinski definition) is 0. The molecule has 0 saturated carbocycles. The van der Waals surface area contributed by atoms with Crippen molar-refractivity contribution in [2.75, 3.05) is 0 Å². The lowest BCUT2D eigenvalue weighted by atomic mass is 9.82. The molecule has 0 spiro atoms. The SMILES string of the molecule is O=[N+]([O-])c1ccc2ccc3ccc(C(=C(c4ccccc4)c4ccccc4)c4ccccc4)c4ccc1c2c34. The summed E-state index contributed by atoms with van der Waals surface area (Å²) in [6.07, 6.45) is 0. The van der Waals surface area contributed by atoms with Crippen LogP contribution in [0.1, 0.15) is 22.3 Å². The molecule has 3 nitrogen and oxygen atoms in total. The van der Waals surface area contributed by atoms with E-state index >= 15 is 0 Å². The standard InChI is InChI=1S/C36H23NO2/c38-37(39)32-23-19-28-17-16-27-18-20-29(30-21-22-31(32)36(28)35(27)30)34(26-14-8-3-9-15-26)33(24-10-4-1-5-11-24)25-12-6-2-7-13-25/h1-23H. The van der Waals surface area contributed by atoms with Crippen molar-refractivity contribution in [2.45, 2.75) is 0 Å². The lowest BCUT2D eigenvalue weighted by Crippen LogP contribution is -1.99. The van der Waals surface area contributed by atoms with E-state index < -0.39 is 0 Å². The summed E-state index contributed by atoms with van der Waals surface area (Å²) in [5.41, 5.74) is 6.87. The van der Waals surface area contributed by atoms with E-state index in [0.29, 0.717) is 5.39 Å². The number of nitro groups is 1. The molecule has 0 aliphatic rings. The highest BCUT2D eigenvalue weighted by Gasteiger charge is 2.22. The monoisotopic (exact) mass is 501 g/mol. The Hall–Kier alpha value is -5.28. The van der Waals surface area contributed by atoms with Crippen LogP contribution < -0.4 is 0 Å². The van der Waals surface area contributed by atoms with Gasteiger partial charge in [-0.3, -0.25) is 10.1 Å². The van der Waals surface area contributed by atoms with Crippen LogP contribution in [-0.4, -0.2) is 4.92 Å². The van der Waals surface area contributed by atoms with Gasteiger partial charge in [0.2, 0.25) is 0 Å². The first-order valence-electron chi connectivity index (χ1n) is 13.0. The van der Waals surface area contributed by atoms with Gasteiger partial charge in [-0.1, -0.05) is 121 Å². The molecule has 0 aliphatic heterocycles. The van der Waals surface area contributed by atoms with Gasteiger partial charge in [-0.2, -0.15) is 0 Å². The molecular weight excluding hydrogens is 478 g/mol. The Morgan fingerprint density at radius 1 is 0.462 bits per heavy atom. The fourth-order valence-corrected chi connectivity index (χ4v) is 5.87. The third-order valence-corrected chi connectivity index (χ3v) is 7.55. The van der Waals surface area contributed by atoms with Gasteiger partial charge in [-0.15, -0.1) is 0 Å². The van der Waals surface area contributed by atoms with Crippen molar-refractivity contribution in [1.82, 2.24) is 0 Å². The number of nitrogens with zero attached hydrogens (tertiary/aromatic N) is 1. The second kappa shape index (κ2) is 9.23. The topological polar surface area (TPSA) is 43.1 Å². The zero-order chi connectivity index (χ0) is 26.3. The van der Waals surface area contributed by atoms with Crippen molar-refractivity contribution < 1.29 is 4.92 Å². The summed E-state index contributed by atoms with van der Waals surface area (Å²) in [4.78, 5) is 11.6. The lowest BCUT2D eigenvalue weighted by Gasteiger charge is -2.21. The van der Waals surface area contributed by atoms with Crippen molar-refractivity contribution >= 4 is 49.2 Å². The molecule has 0 aromatic heterocycles. The third-order valence-electron chi connectivity index (χ3n) is 7.55. The second-order valence-electron chi connectivity index (χ2n) is 9.73. The van der Waals surface area contributed by atoms with E-state index in [-0.39, 0.29) is 10.6 Å². The Bertz CT molecular complexity index is 1970. The molecule has 0 atom stereocenters. The minimum absolute atomic E-state index is 0.135. The van der Waals surface area contributed by atoms with Crippen LogP contribution in [-0.2, 0) is 0 Å². The number of non-ortho nitro benzene ring substituents is 1. The minimum Gasteiger partial charge on any atom is -0.258 e. The normalized spacial score (nSPS) is 11.3. The average molecular weight is 502 g/mol. The summed E-state index contributed by atoms with van der Waals surface area (Å²) in [6, 6.07) is 47.5. The molecule has 184 valence electrons. The highest BCUT2D eigenvalue weighted by Crippen LogP contribution is 2.44. The van der Waals surface area contributed by atoms with Crippen molar-refractivity contribution in [1.29, 1.82) is 0 Å². The van der Waals surface area contributed by atoms with Crippen LogP contribution in [0.15, 0.2) is 140 Å². The molecule has 7 rings (SSSR count). The van der Waals surface area contributed by atoms with Crippen molar-refractivity contribution in [2.24, 2.45) is 0 Å². The molecule has 0 N–H and O–H groups in total. The first-order chi connectivity index (χ1) is 19.2. The van der Waals surface area contributed by atoms with Gasteiger partial charge in [0.25, 0.3) is 5.69 Å². The summed E-state index contributed by atoms with van der Waals surface area (Å²) in [5.74, 6) is 0. The maximum absolute atomic E-state index is 11.9. The van der Waals surface area contributed by atoms with E-state index in [1.54, 1.807) is 6.07 Å². The molecule has 7 aromatic carbocycles. The Kier molecular flexibility index (Phi) is 5.42. The first kappa shape index (κ1) is 22.9. The van der Waals surface area contributed by atoms with Gasteiger partial charge in [0.1, 0.15) is 0 Å². The van der Waals surface area contributed by atoms with Gasteiger partial charge in [0.15, 0.2) is 0 Å². The smallest absolute Gasteiger partial charge is 0.258 e. The fraction of sp³-hybridized carbons (Fsp3) is 0. The zero-order valence-electron chi connectivity index (χ0n) is 21.0. The van der Waals surface area contributed by atoms with E-state index in [1.807, 2.05) is 30.3 Å². The van der Waals surface area contributed by atoms with E-state index in [1.165, 1.54) is 0 Å². The highest BCUT2D eigenvalue weighted by molar-refractivity contribution is 6.27. The average Bonchev–Trinajstić information content (AvgIpc) is 3.00. The minimum atomic E-state index is -0.287. The molecule has 0 unspecified atom stereocenters. The number of benzene rings is 7. The van der Waals surface area contributed by atoms with Crippen LogP contribution in [0, 0.1) is 10.1 Å². The Morgan fingerprint density at radius 2 is 0.897 bits per heavy atom. The van der Waals surface area contributed by atoms with Gasteiger partial charge in [-0.05, 0) is 67.1 Å². The molecule has 7 aromatic rings. The Labute approximate surface area is 225 Å². The summed E-state index contributed by atoms with van der Waals surface area (Å²) < 4.78 is 0. The molecule has 39 heavy (non-hydrogen) atoms. The molecule has 0 radical (unpaired) electrons. The van der Waals surface area contributed by atoms with Crippen LogP contribution in [0.3, 0.4) is 0 Å². The zero-order valence-corrected chi connectivity index (χ0v) is 21.0. The van der Waals surface area contributed by atoms with Gasteiger partial charge >= 0.3 is 0 Å². The molecule has 3 heteroatoms. The molecule has 0 fully saturated rings. The number of nitro benzene ring substituents is 1. The summed E-state index contributed by atoms with van der Waals surface area (Å²) in [7, 11) is 0. The van der Waals surface area contributed by atoms with E-state index in [2.05, 4.69) is 103 Å². The number of rotatable bonds is 5. The lowest BCUT2D eigenvalue weighted by molar-refractivity contribution is -0.383.